The Morgan fingerprint density at radius 3 is 1.88 bits per heavy atom. The fourth-order valence-electron chi connectivity index (χ4n) is 22.4. The summed E-state index contributed by atoms with van der Waals surface area (Å²) in [5.74, 6) is -4.07. The van der Waals surface area contributed by atoms with Crippen molar-refractivity contribution in [3.8, 4) is 5.75 Å². The Balaban J connectivity index is 0.875. The second-order valence-corrected chi connectivity index (χ2v) is 28.4. The van der Waals surface area contributed by atoms with Crippen LogP contribution in [0, 0.1) is 91.2 Å². The van der Waals surface area contributed by atoms with Gasteiger partial charge < -0.3 is 64.2 Å². The van der Waals surface area contributed by atoms with E-state index in [2.05, 4.69) is 48.5 Å². The van der Waals surface area contributed by atoms with Gasteiger partial charge in [0.15, 0.2) is 12.4 Å². The molecule has 7 saturated carbocycles. The fourth-order valence-corrected chi connectivity index (χ4v) is 22.4. The third-order valence-corrected chi connectivity index (χ3v) is 26.3. The molecule has 1 aromatic rings. The Hall–Kier alpha value is -3.42. The Morgan fingerprint density at radius 2 is 1.28 bits per heavy atom. The Labute approximate surface area is 458 Å². The molecule has 0 spiro atoms. The van der Waals surface area contributed by atoms with Gasteiger partial charge in [-0.2, -0.15) is 0 Å². The molecule has 0 amide bonds. The summed E-state index contributed by atoms with van der Waals surface area (Å²) in [5.41, 5.74) is -2.50. The number of carbonyl (C=O) groups excluding carboxylic acids is 2. The van der Waals surface area contributed by atoms with Gasteiger partial charge in [-0.25, -0.2) is 9.59 Å². The molecular weight excluding hydrogens is 1000 g/mol. The number of aliphatic hydroxyl groups is 5. The molecule has 17 heteroatoms. The highest BCUT2D eigenvalue weighted by atomic mass is 16.7. The number of benzene rings is 1. The highest BCUT2D eigenvalue weighted by Gasteiger charge is 2.77. The van der Waals surface area contributed by atoms with Gasteiger partial charge in [0.2, 0.25) is 5.79 Å². The molecule has 7 aliphatic carbocycles. The van der Waals surface area contributed by atoms with Gasteiger partial charge in [-0.15, -0.1) is 0 Å². The maximum Gasteiger partial charge on any atom is 0.341 e. The van der Waals surface area contributed by atoms with Crippen LogP contribution in [0.3, 0.4) is 0 Å². The molecule has 14 unspecified atom stereocenters. The number of methoxy groups -OCH3 is 2. The molecule has 434 valence electrons. The molecule has 10 aliphatic rings. The maximum absolute atomic E-state index is 14.0. The van der Waals surface area contributed by atoms with Crippen LogP contribution in [0.2, 0.25) is 0 Å². The van der Waals surface area contributed by atoms with Crippen molar-refractivity contribution in [2.75, 3.05) is 27.4 Å². The largest absolute Gasteiger partial charge is 0.484 e. The number of carbonyl (C=O) groups is 4. The Bertz CT molecular complexity index is 2610. The van der Waals surface area contributed by atoms with E-state index in [9.17, 15) is 54.9 Å². The molecule has 11 rings (SSSR count). The molecular formula is C61H88O17. The number of aliphatic carboxylic acids is 2. The van der Waals surface area contributed by atoms with Gasteiger partial charge in [-0.3, -0.25) is 9.59 Å². The number of hydrogen-bond donors (Lipinski definition) is 7. The number of ether oxygens (including phenoxy) is 6. The summed E-state index contributed by atoms with van der Waals surface area (Å²) in [6.45, 7) is 18.7. The second-order valence-electron chi connectivity index (χ2n) is 28.4. The van der Waals surface area contributed by atoms with Crippen molar-refractivity contribution in [3.05, 3.63) is 28.8 Å². The van der Waals surface area contributed by atoms with Crippen LogP contribution in [0.1, 0.15) is 167 Å². The molecule has 0 radical (unpaired) electrons. The zero-order valence-corrected chi connectivity index (χ0v) is 47.5. The topological polar surface area (TPSA) is 265 Å². The van der Waals surface area contributed by atoms with E-state index in [1.165, 1.54) is 14.2 Å². The highest BCUT2D eigenvalue weighted by Crippen LogP contribution is 2.81. The summed E-state index contributed by atoms with van der Waals surface area (Å²) in [4.78, 5) is 52.1. The summed E-state index contributed by atoms with van der Waals surface area (Å²) < 4.78 is 35.4. The molecule has 7 N–H and O–H groups in total. The minimum Gasteiger partial charge on any atom is -0.484 e. The fraction of sp³-hybridized carbons (Fsp3) is 0.836. The SMILES string of the molecule is COC(=O)CCC1(O)OC(=O)c2c1ccc1c2CC2[C@](CO)(CCC3[C@@]2(C)CCC2[C@]4(C)CCC5[C@]6(C)CCC7[C@@](C)(C(=O)O)C(OC8OC(C(=O)O)C(O)C(O)C8OC)C[C@@H](C)[C@]7(C)C6C[C@@H](C)[C@]5(C)C4CC[C@]32CO)O1. The number of carboxylic acid groups (broad SMARTS) is 2. The number of fused-ring (bicyclic) bond motifs is 16. The number of rotatable bonds is 10. The van der Waals surface area contributed by atoms with Crippen molar-refractivity contribution < 1.29 is 83.3 Å². The van der Waals surface area contributed by atoms with Crippen molar-refractivity contribution in [2.24, 2.45) is 91.2 Å². The van der Waals surface area contributed by atoms with E-state index in [4.69, 9.17) is 28.4 Å². The zero-order chi connectivity index (χ0) is 56.5. The van der Waals surface area contributed by atoms with Crippen LogP contribution in [-0.4, -0.2) is 129 Å². The summed E-state index contributed by atoms with van der Waals surface area (Å²) in [6, 6.07) is 3.40. The van der Waals surface area contributed by atoms with Gasteiger partial charge in [0, 0.05) is 42.6 Å². The predicted molar refractivity (Wildman–Crippen MR) is 279 cm³/mol. The molecule has 17 nitrogen and oxygen atoms in total. The monoisotopic (exact) mass is 1090 g/mol. The second kappa shape index (κ2) is 18.5. The number of cyclic esters (lactones) is 1. The van der Waals surface area contributed by atoms with E-state index < -0.39 is 82.9 Å². The van der Waals surface area contributed by atoms with E-state index in [0.717, 1.165) is 57.8 Å². The van der Waals surface area contributed by atoms with Crippen molar-refractivity contribution in [3.63, 3.8) is 0 Å². The van der Waals surface area contributed by atoms with Crippen LogP contribution >= 0.6 is 0 Å². The van der Waals surface area contributed by atoms with Gasteiger partial charge in [-0.05, 0) is 177 Å². The van der Waals surface area contributed by atoms with Gasteiger partial charge in [-0.1, -0.05) is 48.5 Å². The van der Waals surface area contributed by atoms with Crippen LogP contribution < -0.4 is 4.74 Å². The first-order valence-corrected chi connectivity index (χ1v) is 29.4. The molecule has 3 aliphatic heterocycles. The maximum atomic E-state index is 14.0. The molecule has 1 saturated heterocycles. The van der Waals surface area contributed by atoms with Crippen LogP contribution in [0.25, 0.3) is 0 Å². The van der Waals surface area contributed by atoms with Gasteiger partial charge >= 0.3 is 23.9 Å². The van der Waals surface area contributed by atoms with Crippen molar-refractivity contribution >= 4 is 23.9 Å². The minimum atomic E-state index is -2.00. The first-order chi connectivity index (χ1) is 36.6. The highest BCUT2D eigenvalue weighted by molar-refractivity contribution is 5.97. The van der Waals surface area contributed by atoms with Crippen LogP contribution in [-0.2, 0) is 50.3 Å². The summed E-state index contributed by atoms with van der Waals surface area (Å²) >= 11 is 0. The van der Waals surface area contributed by atoms with Crippen molar-refractivity contribution in [1.29, 1.82) is 0 Å². The number of aliphatic hydroxyl groups excluding tert-OH is 4. The molecule has 0 bridgehead atoms. The quantitative estimate of drug-likeness (QED) is 0.0917. The zero-order valence-electron chi connectivity index (χ0n) is 47.5. The van der Waals surface area contributed by atoms with Crippen molar-refractivity contribution in [1.82, 2.24) is 0 Å². The van der Waals surface area contributed by atoms with E-state index in [0.29, 0.717) is 60.3 Å². The lowest BCUT2D eigenvalue weighted by Crippen LogP contribution is -2.73. The summed E-state index contributed by atoms with van der Waals surface area (Å²) in [6.07, 6.45) is 1.22. The number of carboxylic acids is 2. The van der Waals surface area contributed by atoms with Crippen molar-refractivity contribution in [2.45, 2.75) is 200 Å². The minimum absolute atomic E-state index is 0.000783. The average molecular weight is 1090 g/mol. The van der Waals surface area contributed by atoms with Gasteiger partial charge in [0.1, 0.15) is 29.7 Å². The normalized spacial score (nSPS) is 51.7. The van der Waals surface area contributed by atoms with Crippen LogP contribution in [0.4, 0.5) is 0 Å². The molecule has 0 aromatic heterocycles. The molecule has 3 heterocycles. The lowest BCUT2D eigenvalue weighted by molar-refractivity contribution is -0.335. The molecule has 1 aromatic carbocycles. The average Bonchev–Trinajstić information content (AvgIpc) is 2.52. The van der Waals surface area contributed by atoms with Gasteiger partial charge in [0.25, 0.3) is 0 Å². The molecule has 24 atom stereocenters. The first kappa shape index (κ1) is 56.4. The number of esters is 2. The third-order valence-electron chi connectivity index (χ3n) is 26.3. The summed E-state index contributed by atoms with van der Waals surface area (Å²) in [7, 11) is 2.58. The predicted octanol–water partition coefficient (Wildman–Crippen LogP) is 7.02. The lowest BCUT2D eigenvalue weighted by Gasteiger charge is -2.77. The first-order valence-electron chi connectivity index (χ1n) is 29.4. The third kappa shape index (κ3) is 7.18. The smallest absolute Gasteiger partial charge is 0.341 e. The van der Waals surface area contributed by atoms with Crippen LogP contribution in [0.15, 0.2) is 12.1 Å². The van der Waals surface area contributed by atoms with E-state index in [1.54, 1.807) is 19.1 Å². The van der Waals surface area contributed by atoms with E-state index in [-0.39, 0.29) is 94.2 Å². The number of hydrogen-bond acceptors (Lipinski definition) is 15. The standard InChI is InChI=1S/C61H88O17/c1-30-25-40-54(4,21-15-39-57(40,7)31(2)26-42(58(39,8)52(70)71)75-51-48(74-10)46(66)45(65)47(76-51)49(67)68)35-13-19-53(3)36(56(30,35)6)16-22-59(28-62)37(53)14-20-55(5)38(59)17-23-60(29-63)41(55)27-32-34(77-60)12-11-33-44(32)50(69)78-61(33,72)24-18-43(64)73-9/h11-12,30-31,35-42,45-48,51,62-63,65-66,72H,13-29H2,1-10H3,(H,67,68)(H,70,71)/t30-,31-,35?,36?,37?,38?,39?,40?,41?,42?,45?,46?,47?,48?,51?,53-,54+,55-,56+,57+,58-,59-,60-,61?/m1/s1. The Kier molecular flexibility index (Phi) is 13.4. The summed E-state index contributed by atoms with van der Waals surface area (Å²) in [5, 5.41) is 78.3. The lowest BCUT2D eigenvalue weighted by atomic mass is 9.27. The molecule has 8 fully saturated rings. The van der Waals surface area contributed by atoms with E-state index >= 15 is 0 Å². The van der Waals surface area contributed by atoms with Crippen LogP contribution in [0.5, 0.6) is 5.75 Å². The van der Waals surface area contributed by atoms with Gasteiger partial charge in [0.05, 0.1) is 37.2 Å². The Morgan fingerprint density at radius 1 is 0.705 bits per heavy atom. The van der Waals surface area contributed by atoms with E-state index in [1.807, 2.05) is 0 Å². The molecule has 78 heavy (non-hydrogen) atoms.